The van der Waals surface area contributed by atoms with Gasteiger partial charge in [-0.15, -0.1) is 0 Å². The number of rotatable bonds is 6. The molecule has 0 bridgehead atoms. The molecule has 0 unspecified atom stereocenters. The molecule has 0 fully saturated rings. The summed E-state index contributed by atoms with van der Waals surface area (Å²) in [7, 11) is 0. The molecule has 3 nitrogen and oxygen atoms in total. The van der Waals surface area contributed by atoms with Gasteiger partial charge in [-0.1, -0.05) is 6.07 Å². The number of hydrogen-bond acceptors (Lipinski definition) is 2. The van der Waals surface area contributed by atoms with Gasteiger partial charge in [-0.05, 0) is 30.2 Å². The summed E-state index contributed by atoms with van der Waals surface area (Å²) in [5.41, 5.74) is 1.05. The number of aryl methyl sites for hydroxylation is 1. The van der Waals surface area contributed by atoms with Crippen molar-refractivity contribution in [3.05, 3.63) is 34.9 Å². The summed E-state index contributed by atoms with van der Waals surface area (Å²) < 4.78 is 53.4. The highest BCUT2D eigenvalue weighted by atomic mass is 19.3. The molecule has 0 amide bonds. The number of carboxylic acids is 1. The maximum atomic E-state index is 12.6. The van der Waals surface area contributed by atoms with E-state index in [0.29, 0.717) is 11.1 Å². The highest BCUT2D eigenvalue weighted by Crippen LogP contribution is 2.23. The molecule has 1 aromatic rings. The second-order valence-corrected chi connectivity index (χ2v) is 4.00. The Bertz CT molecular complexity index is 460. The van der Waals surface area contributed by atoms with Crippen LogP contribution in [-0.2, 0) is 11.3 Å². The molecular formula is C12H12F4O3. The number of halogens is 4. The molecule has 0 aliphatic carbocycles. The minimum absolute atomic E-state index is 0.0548. The normalized spacial score (nSPS) is 11.9. The quantitative estimate of drug-likeness (QED) is 0.814. The summed E-state index contributed by atoms with van der Waals surface area (Å²) in [4.78, 5) is 10.7. The molecule has 0 aromatic heterocycles. The third kappa shape index (κ3) is 4.20. The van der Waals surface area contributed by atoms with Crippen LogP contribution in [-0.4, -0.2) is 30.0 Å². The van der Waals surface area contributed by atoms with Crippen LogP contribution in [0.5, 0.6) is 0 Å². The molecule has 1 rings (SSSR count). The van der Waals surface area contributed by atoms with E-state index in [1.165, 1.54) is 18.2 Å². The SMILES string of the molecule is Cc1cc(C(=O)O)ccc1COCC(F)(F)C(F)F. The minimum atomic E-state index is -4.19. The Morgan fingerprint density at radius 2 is 2.05 bits per heavy atom. The van der Waals surface area contributed by atoms with E-state index in [-0.39, 0.29) is 12.2 Å². The van der Waals surface area contributed by atoms with Crippen molar-refractivity contribution in [2.24, 2.45) is 0 Å². The lowest BCUT2D eigenvalue weighted by molar-refractivity contribution is -0.168. The maximum Gasteiger partial charge on any atom is 0.335 e. The van der Waals surface area contributed by atoms with Crippen molar-refractivity contribution in [1.29, 1.82) is 0 Å². The molecule has 1 N–H and O–H groups in total. The summed E-state index contributed by atoms with van der Waals surface area (Å²) in [5, 5.41) is 8.73. The predicted octanol–water partition coefficient (Wildman–Crippen LogP) is 3.11. The first-order valence-electron chi connectivity index (χ1n) is 5.30. The Balaban J connectivity index is 2.62. The minimum Gasteiger partial charge on any atom is -0.478 e. The number of ether oxygens (including phenoxy) is 1. The summed E-state index contributed by atoms with van der Waals surface area (Å²) >= 11 is 0. The van der Waals surface area contributed by atoms with E-state index in [9.17, 15) is 22.4 Å². The average Bonchev–Trinajstić information content (AvgIpc) is 2.30. The van der Waals surface area contributed by atoms with Crippen LogP contribution in [0.3, 0.4) is 0 Å². The average molecular weight is 280 g/mol. The highest BCUT2D eigenvalue weighted by molar-refractivity contribution is 5.87. The van der Waals surface area contributed by atoms with Crippen molar-refractivity contribution >= 4 is 5.97 Å². The van der Waals surface area contributed by atoms with Gasteiger partial charge in [0.15, 0.2) is 0 Å². The van der Waals surface area contributed by atoms with Crippen LogP contribution in [0.1, 0.15) is 21.5 Å². The molecule has 0 aliphatic heterocycles. The number of carbonyl (C=O) groups is 1. The molecule has 0 saturated heterocycles. The van der Waals surface area contributed by atoms with E-state index in [0.717, 1.165) is 0 Å². The predicted molar refractivity (Wildman–Crippen MR) is 58.7 cm³/mol. The van der Waals surface area contributed by atoms with E-state index in [2.05, 4.69) is 4.74 Å². The zero-order valence-electron chi connectivity index (χ0n) is 10.00. The summed E-state index contributed by atoms with van der Waals surface area (Å²) in [6.45, 7) is -0.0881. The van der Waals surface area contributed by atoms with Crippen LogP contribution in [0, 0.1) is 6.92 Å². The molecule has 0 saturated carbocycles. The molecule has 0 spiro atoms. The Labute approximate surface area is 106 Å². The third-order valence-corrected chi connectivity index (χ3v) is 2.46. The molecule has 7 heteroatoms. The zero-order chi connectivity index (χ0) is 14.6. The van der Waals surface area contributed by atoms with Crippen molar-refractivity contribution in [2.45, 2.75) is 25.9 Å². The largest absolute Gasteiger partial charge is 0.478 e. The number of alkyl halides is 4. The highest BCUT2D eigenvalue weighted by Gasteiger charge is 2.40. The van der Waals surface area contributed by atoms with Gasteiger partial charge in [0.25, 0.3) is 0 Å². The second kappa shape index (κ2) is 6.01. The Morgan fingerprint density at radius 3 is 2.53 bits per heavy atom. The van der Waals surface area contributed by atoms with Crippen LogP contribution >= 0.6 is 0 Å². The van der Waals surface area contributed by atoms with Gasteiger partial charge in [0.05, 0.1) is 12.2 Å². The van der Waals surface area contributed by atoms with Crippen LogP contribution in [0.25, 0.3) is 0 Å². The van der Waals surface area contributed by atoms with Crippen molar-refractivity contribution in [3.63, 3.8) is 0 Å². The third-order valence-electron chi connectivity index (χ3n) is 2.46. The van der Waals surface area contributed by atoms with Gasteiger partial charge < -0.3 is 9.84 Å². The molecule has 0 radical (unpaired) electrons. The van der Waals surface area contributed by atoms with Crippen LogP contribution in [0.15, 0.2) is 18.2 Å². The lowest BCUT2D eigenvalue weighted by Crippen LogP contribution is -2.32. The Kier molecular flexibility index (Phi) is 4.88. The fourth-order valence-corrected chi connectivity index (χ4v) is 1.35. The fraction of sp³-hybridized carbons (Fsp3) is 0.417. The van der Waals surface area contributed by atoms with Crippen molar-refractivity contribution < 1.29 is 32.2 Å². The first-order chi connectivity index (χ1) is 8.74. The van der Waals surface area contributed by atoms with Crippen LogP contribution in [0.4, 0.5) is 17.6 Å². The van der Waals surface area contributed by atoms with Crippen molar-refractivity contribution in [1.82, 2.24) is 0 Å². The summed E-state index contributed by atoms with van der Waals surface area (Å²) in [6, 6.07) is 4.05. The lowest BCUT2D eigenvalue weighted by Gasteiger charge is -2.15. The molecule has 0 aliphatic rings. The van der Waals surface area contributed by atoms with E-state index in [1.54, 1.807) is 6.92 Å². The number of aromatic carboxylic acids is 1. The van der Waals surface area contributed by atoms with Gasteiger partial charge in [-0.3, -0.25) is 0 Å². The van der Waals surface area contributed by atoms with Gasteiger partial charge in [-0.25, -0.2) is 13.6 Å². The van der Waals surface area contributed by atoms with Gasteiger partial charge in [0, 0.05) is 0 Å². The van der Waals surface area contributed by atoms with E-state index in [4.69, 9.17) is 5.11 Å². The number of benzene rings is 1. The molecule has 19 heavy (non-hydrogen) atoms. The van der Waals surface area contributed by atoms with E-state index >= 15 is 0 Å². The van der Waals surface area contributed by atoms with E-state index < -0.39 is 24.9 Å². The van der Waals surface area contributed by atoms with Crippen LogP contribution < -0.4 is 0 Å². The lowest BCUT2D eigenvalue weighted by atomic mass is 10.1. The molecular weight excluding hydrogens is 268 g/mol. The maximum absolute atomic E-state index is 12.6. The van der Waals surface area contributed by atoms with Gasteiger partial charge in [0.1, 0.15) is 6.61 Å². The number of hydrogen-bond donors (Lipinski definition) is 1. The topological polar surface area (TPSA) is 46.5 Å². The van der Waals surface area contributed by atoms with Gasteiger partial charge in [-0.2, -0.15) is 8.78 Å². The molecule has 106 valence electrons. The standard InChI is InChI=1S/C12H12F4O3/c1-7-4-8(10(17)18)2-3-9(7)5-19-6-12(15,16)11(13)14/h2-4,11H,5-6H2,1H3,(H,17,18). The Morgan fingerprint density at radius 1 is 1.42 bits per heavy atom. The molecule has 1 aromatic carbocycles. The summed E-state index contributed by atoms with van der Waals surface area (Å²) in [5.74, 6) is -5.30. The smallest absolute Gasteiger partial charge is 0.335 e. The number of carboxylic acid groups (broad SMARTS) is 1. The first kappa shape index (κ1) is 15.4. The first-order valence-corrected chi connectivity index (χ1v) is 5.30. The summed E-state index contributed by atoms with van der Waals surface area (Å²) in [6.07, 6.45) is -3.78. The molecule has 0 heterocycles. The monoisotopic (exact) mass is 280 g/mol. The van der Waals surface area contributed by atoms with Crippen molar-refractivity contribution in [3.8, 4) is 0 Å². The molecule has 0 atom stereocenters. The van der Waals surface area contributed by atoms with Gasteiger partial charge in [0.2, 0.25) is 0 Å². The van der Waals surface area contributed by atoms with Crippen LogP contribution in [0.2, 0.25) is 0 Å². The van der Waals surface area contributed by atoms with Gasteiger partial charge >= 0.3 is 18.3 Å². The van der Waals surface area contributed by atoms with Crippen molar-refractivity contribution in [2.75, 3.05) is 6.61 Å². The fourth-order valence-electron chi connectivity index (χ4n) is 1.35. The zero-order valence-corrected chi connectivity index (χ0v) is 10.00. The second-order valence-electron chi connectivity index (χ2n) is 4.00. The van der Waals surface area contributed by atoms with E-state index in [1.807, 2.05) is 0 Å². The Hall–Kier alpha value is -1.63.